The SMILES string of the molecule is CNC(CCc1ccc(OC)cc1)CCC(C)OC. The second-order valence-electron chi connectivity index (χ2n) is 5.00. The van der Waals surface area contributed by atoms with Crippen LogP contribution < -0.4 is 10.1 Å². The fourth-order valence-corrected chi connectivity index (χ4v) is 2.12. The molecule has 1 rings (SSSR count). The highest BCUT2D eigenvalue weighted by Gasteiger charge is 2.09. The molecule has 0 aliphatic heterocycles. The lowest BCUT2D eigenvalue weighted by Gasteiger charge is -2.18. The maximum absolute atomic E-state index is 5.29. The van der Waals surface area contributed by atoms with Crippen molar-refractivity contribution in [2.75, 3.05) is 21.3 Å². The first-order chi connectivity index (χ1) is 9.19. The van der Waals surface area contributed by atoms with Gasteiger partial charge < -0.3 is 14.8 Å². The van der Waals surface area contributed by atoms with E-state index in [9.17, 15) is 0 Å². The average Bonchev–Trinajstić information content (AvgIpc) is 2.47. The lowest BCUT2D eigenvalue weighted by atomic mass is 10.0. The predicted molar refractivity (Wildman–Crippen MR) is 79.9 cm³/mol. The first-order valence-electron chi connectivity index (χ1n) is 7.02. The molecule has 0 bridgehead atoms. The lowest BCUT2D eigenvalue weighted by molar-refractivity contribution is 0.106. The van der Waals surface area contributed by atoms with Crippen LogP contribution in [-0.4, -0.2) is 33.4 Å². The summed E-state index contributed by atoms with van der Waals surface area (Å²) in [6.07, 6.45) is 4.85. The van der Waals surface area contributed by atoms with Gasteiger partial charge in [-0.3, -0.25) is 0 Å². The van der Waals surface area contributed by atoms with Crippen LogP contribution in [0.1, 0.15) is 31.7 Å². The van der Waals surface area contributed by atoms with Crippen molar-refractivity contribution >= 4 is 0 Å². The minimum Gasteiger partial charge on any atom is -0.497 e. The molecule has 0 amide bonds. The quantitative estimate of drug-likeness (QED) is 0.744. The molecule has 19 heavy (non-hydrogen) atoms. The van der Waals surface area contributed by atoms with E-state index in [2.05, 4.69) is 24.4 Å². The standard InChI is InChI=1S/C16H27NO2/c1-13(18-3)5-9-15(17-2)10-6-14-7-11-16(19-4)12-8-14/h7-8,11-13,15,17H,5-6,9-10H2,1-4H3. The molecule has 0 heterocycles. The van der Waals surface area contributed by atoms with Gasteiger partial charge in [0.25, 0.3) is 0 Å². The fourth-order valence-electron chi connectivity index (χ4n) is 2.12. The summed E-state index contributed by atoms with van der Waals surface area (Å²) in [5, 5.41) is 3.39. The maximum Gasteiger partial charge on any atom is 0.118 e. The van der Waals surface area contributed by atoms with Gasteiger partial charge in [0.2, 0.25) is 0 Å². The maximum atomic E-state index is 5.29. The monoisotopic (exact) mass is 265 g/mol. The molecule has 3 nitrogen and oxygen atoms in total. The van der Waals surface area contributed by atoms with Gasteiger partial charge in [-0.25, -0.2) is 0 Å². The van der Waals surface area contributed by atoms with E-state index in [0.29, 0.717) is 12.1 Å². The largest absolute Gasteiger partial charge is 0.497 e. The first kappa shape index (κ1) is 16.0. The Morgan fingerprint density at radius 2 is 1.74 bits per heavy atom. The Hall–Kier alpha value is -1.06. The minimum atomic E-state index is 0.344. The molecule has 1 N–H and O–H groups in total. The lowest BCUT2D eigenvalue weighted by Crippen LogP contribution is -2.27. The van der Waals surface area contributed by atoms with E-state index in [-0.39, 0.29) is 0 Å². The molecule has 108 valence electrons. The van der Waals surface area contributed by atoms with Crippen LogP contribution in [0, 0.1) is 0 Å². The summed E-state index contributed by atoms with van der Waals surface area (Å²) in [5.74, 6) is 0.919. The third-order valence-corrected chi connectivity index (χ3v) is 3.67. The third kappa shape index (κ3) is 6.08. The van der Waals surface area contributed by atoms with Gasteiger partial charge in [0.1, 0.15) is 5.75 Å². The van der Waals surface area contributed by atoms with Crippen molar-refractivity contribution in [1.29, 1.82) is 0 Å². The van der Waals surface area contributed by atoms with Crippen LogP contribution in [0.15, 0.2) is 24.3 Å². The second kappa shape index (κ2) is 8.94. The number of benzene rings is 1. The van der Waals surface area contributed by atoms with E-state index in [0.717, 1.165) is 31.4 Å². The number of aryl methyl sites for hydroxylation is 1. The van der Waals surface area contributed by atoms with Crippen LogP contribution >= 0.6 is 0 Å². The van der Waals surface area contributed by atoms with Crippen molar-refractivity contribution in [2.24, 2.45) is 0 Å². The van der Waals surface area contributed by atoms with Gasteiger partial charge in [-0.1, -0.05) is 12.1 Å². The molecule has 0 aliphatic carbocycles. The second-order valence-corrected chi connectivity index (χ2v) is 5.00. The molecule has 3 heteroatoms. The van der Waals surface area contributed by atoms with Crippen LogP contribution in [0.2, 0.25) is 0 Å². The molecule has 0 saturated carbocycles. The van der Waals surface area contributed by atoms with Crippen molar-refractivity contribution in [3.05, 3.63) is 29.8 Å². The predicted octanol–water partition coefficient (Wildman–Crippen LogP) is 3.03. The summed E-state index contributed by atoms with van der Waals surface area (Å²) >= 11 is 0. The van der Waals surface area contributed by atoms with Gasteiger partial charge in [0.05, 0.1) is 13.2 Å². The van der Waals surface area contributed by atoms with Gasteiger partial charge in [0.15, 0.2) is 0 Å². The van der Waals surface area contributed by atoms with Gasteiger partial charge in [-0.2, -0.15) is 0 Å². The first-order valence-corrected chi connectivity index (χ1v) is 7.02. The molecule has 2 unspecified atom stereocenters. The number of hydrogen-bond donors (Lipinski definition) is 1. The average molecular weight is 265 g/mol. The van der Waals surface area contributed by atoms with E-state index >= 15 is 0 Å². The number of ether oxygens (including phenoxy) is 2. The topological polar surface area (TPSA) is 30.5 Å². The molecular formula is C16H27NO2. The molecule has 0 aliphatic rings. The summed E-state index contributed by atoms with van der Waals surface area (Å²) in [4.78, 5) is 0. The normalized spacial score (nSPS) is 14.1. The summed E-state index contributed by atoms with van der Waals surface area (Å²) in [5.41, 5.74) is 1.36. The Kier molecular flexibility index (Phi) is 7.53. The van der Waals surface area contributed by atoms with E-state index in [1.807, 2.05) is 19.2 Å². The van der Waals surface area contributed by atoms with E-state index < -0.39 is 0 Å². The van der Waals surface area contributed by atoms with Crippen LogP contribution in [0.3, 0.4) is 0 Å². The molecule has 0 radical (unpaired) electrons. The zero-order chi connectivity index (χ0) is 14.1. The number of hydrogen-bond acceptors (Lipinski definition) is 3. The van der Waals surface area contributed by atoms with Gasteiger partial charge in [0, 0.05) is 13.2 Å². The molecule has 0 fully saturated rings. The summed E-state index contributed by atoms with van der Waals surface area (Å²) in [7, 11) is 5.51. The van der Waals surface area contributed by atoms with E-state index in [4.69, 9.17) is 9.47 Å². The minimum absolute atomic E-state index is 0.344. The van der Waals surface area contributed by atoms with Crippen molar-refractivity contribution in [2.45, 2.75) is 44.8 Å². The summed E-state index contributed by atoms with van der Waals surface area (Å²) in [6.45, 7) is 2.12. The molecule has 1 aromatic rings. The van der Waals surface area contributed by atoms with Gasteiger partial charge in [-0.05, 0) is 57.4 Å². The molecule has 1 aromatic carbocycles. The Balaban J connectivity index is 2.35. The van der Waals surface area contributed by atoms with Crippen molar-refractivity contribution in [1.82, 2.24) is 5.32 Å². The van der Waals surface area contributed by atoms with Gasteiger partial charge >= 0.3 is 0 Å². The van der Waals surface area contributed by atoms with E-state index in [1.54, 1.807) is 14.2 Å². The zero-order valence-corrected chi connectivity index (χ0v) is 12.6. The van der Waals surface area contributed by atoms with Crippen LogP contribution in [0.25, 0.3) is 0 Å². The zero-order valence-electron chi connectivity index (χ0n) is 12.6. The highest BCUT2D eigenvalue weighted by atomic mass is 16.5. The smallest absolute Gasteiger partial charge is 0.118 e. The Morgan fingerprint density at radius 3 is 2.26 bits per heavy atom. The van der Waals surface area contributed by atoms with Crippen LogP contribution in [0.4, 0.5) is 0 Å². The van der Waals surface area contributed by atoms with Crippen molar-refractivity contribution in [3.63, 3.8) is 0 Å². The Labute approximate surface area is 117 Å². The van der Waals surface area contributed by atoms with E-state index in [1.165, 1.54) is 5.56 Å². The highest BCUT2D eigenvalue weighted by molar-refractivity contribution is 5.27. The molecular weight excluding hydrogens is 238 g/mol. The highest BCUT2D eigenvalue weighted by Crippen LogP contribution is 2.15. The third-order valence-electron chi connectivity index (χ3n) is 3.67. The molecule has 0 spiro atoms. The number of rotatable bonds is 9. The number of methoxy groups -OCH3 is 2. The Bertz CT molecular complexity index is 337. The van der Waals surface area contributed by atoms with Crippen LogP contribution in [-0.2, 0) is 11.2 Å². The Morgan fingerprint density at radius 1 is 1.05 bits per heavy atom. The molecule has 0 saturated heterocycles. The van der Waals surface area contributed by atoms with Crippen molar-refractivity contribution < 1.29 is 9.47 Å². The molecule has 0 aromatic heterocycles. The van der Waals surface area contributed by atoms with Gasteiger partial charge in [-0.15, -0.1) is 0 Å². The summed E-state index contributed by atoms with van der Waals surface area (Å²) < 4.78 is 10.5. The number of nitrogens with one attached hydrogen (secondary N) is 1. The summed E-state index contributed by atoms with van der Waals surface area (Å²) in [6, 6.07) is 8.89. The van der Waals surface area contributed by atoms with Crippen LogP contribution in [0.5, 0.6) is 5.75 Å². The van der Waals surface area contributed by atoms with Crippen molar-refractivity contribution in [3.8, 4) is 5.75 Å². The fraction of sp³-hybridized carbons (Fsp3) is 0.625. The molecule has 2 atom stereocenters.